The average Bonchev–Trinajstić information content (AvgIpc) is 2.89. The molecule has 0 heterocycles. The highest BCUT2D eigenvalue weighted by Gasteiger charge is 2.23. The van der Waals surface area contributed by atoms with Crippen molar-refractivity contribution in [3.63, 3.8) is 0 Å². The Morgan fingerprint density at radius 3 is 1.94 bits per heavy atom. The standard InChI is InChI=1S/C28H22O6/c1-31-17-7-10-18-16(13-17)14-23(32-2)21-9-6-15-5-8-20-19(24(15)25(18)21)11-12-22(27(29)33-3)26(20)28(30)34-4/h5-14H,1-4H3. The van der Waals surface area contributed by atoms with Gasteiger partial charge in [-0.25, -0.2) is 9.59 Å². The van der Waals surface area contributed by atoms with Gasteiger partial charge in [0.2, 0.25) is 0 Å². The smallest absolute Gasteiger partial charge is 0.339 e. The van der Waals surface area contributed by atoms with E-state index in [0.717, 1.165) is 49.2 Å². The van der Waals surface area contributed by atoms with Gasteiger partial charge >= 0.3 is 11.9 Å². The molecule has 0 radical (unpaired) electrons. The fraction of sp³-hybridized carbons (Fsp3) is 0.143. The average molecular weight is 454 g/mol. The summed E-state index contributed by atoms with van der Waals surface area (Å²) >= 11 is 0. The minimum absolute atomic E-state index is 0.161. The first-order valence-electron chi connectivity index (χ1n) is 10.7. The van der Waals surface area contributed by atoms with E-state index in [1.165, 1.54) is 14.2 Å². The molecule has 0 unspecified atom stereocenters. The SMILES string of the molecule is COC(=O)c1ccc2c(ccc3ccc4c(OC)cc5cc(OC)ccc5c4c32)c1C(=O)OC. The molecule has 0 aliphatic carbocycles. The van der Waals surface area contributed by atoms with Crippen molar-refractivity contribution in [1.82, 2.24) is 0 Å². The molecule has 0 bridgehead atoms. The molecule has 0 fully saturated rings. The summed E-state index contributed by atoms with van der Waals surface area (Å²) in [5.41, 5.74) is 0.341. The highest BCUT2D eigenvalue weighted by Crippen LogP contribution is 2.42. The summed E-state index contributed by atoms with van der Waals surface area (Å²) in [5, 5.41) is 7.29. The first-order valence-corrected chi connectivity index (χ1v) is 10.7. The quantitative estimate of drug-likeness (QED) is 0.249. The monoisotopic (exact) mass is 454 g/mol. The molecule has 0 aromatic heterocycles. The number of fused-ring (bicyclic) bond motifs is 7. The fourth-order valence-corrected chi connectivity index (χ4v) is 4.72. The molecular weight excluding hydrogens is 432 g/mol. The normalized spacial score (nSPS) is 11.2. The zero-order valence-corrected chi connectivity index (χ0v) is 19.2. The van der Waals surface area contributed by atoms with Gasteiger partial charge in [-0.3, -0.25) is 0 Å². The Hall–Kier alpha value is -4.32. The summed E-state index contributed by atoms with van der Waals surface area (Å²) in [7, 11) is 5.86. The Bertz CT molecular complexity index is 1630. The van der Waals surface area contributed by atoms with E-state index in [1.54, 1.807) is 20.3 Å². The minimum atomic E-state index is -0.599. The Balaban J connectivity index is 2.03. The van der Waals surface area contributed by atoms with Crippen LogP contribution >= 0.6 is 0 Å². The van der Waals surface area contributed by atoms with Gasteiger partial charge in [0, 0.05) is 10.8 Å². The van der Waals surface area contributed by atoms with Crippen LogP contribution in [0.3, 0.4) is 0 Å². The van der Waals surface area contributed by atoms with Crippen molar-refractivity contribution < 1.29 is 28.5 Å². The Labute approximate surface area is 195 Å². The predicted molar refractivity (Wildman–Crippen MR) is 132 cm³/mol. The van der Waals surface area contributed by atoms with Gasteiger partial charge in [-0.1, -0.05) is 30.3 Å². The van der Waals surface area contributed by atoms with E-state index in [-0.39, 0.29) is 11.1 Å². The highest BCUT2D eigenvalue weighted by molar-refractivity contribution is 6.30. The van der Waals surface area contributed by atoms with Crippen LogP contribution in [0.5, 0.6) is 11.5 Å². The van der Waals surface area contributed by atoms with E-state index in [2.05, 4.69) is 0 Å². The molecule has 0 amide bonds. The van der Waals surface area contributed by atoms with E-state index in [4.69, 9.17) is 18.9 Å². The van der Waals surface area contributed by atoms with Crippen molar-refractivity contribution in [3.8, 4) is 11.5 Å². The highest BCUT2D eigenvalue weighted by atomic mass is 16.5. The molecular formula is C28H22O6. The van der Waals surface area contributed by atoms with Crippen LogP contribution in [0.2, 0.25) is 0 Å². The van der Waals surface area contributed by atoms with Gasteiger partial charge in [0.05, 0.1) is 39.6 Å². The van der Waals surface area contributed by atoms with Crippen molar-refractivity contribution in [2.75, 3.05) is 28.4 Å². The number of ether oxygens (including phenoxy) is 4. The summed E-state index contributed by atoms with van der Waals surface area (Å²) in [4.78, 5) is 25.2. The topological polar surface area (TPSA) is 71.1 Å². The number of rotatable bonds is 4. The predicted octanol–water partition coefficient (Wildman–Crippen LogP) is 5.89. The number of hydrogen-bond donors (Lipinski definition) is 0. The Morgan fingerprint density at radius 2 is 1.26 bits per heavy atom. The first-order chi connectivity index (χ1) is 16.5. The van der Waals surface area contributed by atoms with Crippen LogP contribution in [-0.2, 0) is 9.47 Å². The van der Waals surface area contributed by atoms with E-state index in [1.807, 2.05) is 54.6 Å². The van der Waals surface area contributed by atoms with Crippen LogP contribution in [0, 0.1) is 0 Å². The van der Waals surface area contributed by atoms with Crippen LogP contribution in [0.1, 0.15) is 20.7 Å². The fourth-order valence-electron chi connectivity index (χ4n) is 4.72. The van der Waals surface area contributed by atoms with Crippen LogP contribution in [-0.4, -0.2) is 40.4 Å². The molecule has 0 N–H and O–H groups in total. The van der Waals surface area contributed by atoms with E-state index < -0.39 is 11.9 Å². The van der Waals surface area contributed by atoms with Gasteiger partial charge in [0.15, 0.2) is 0 Å². The van der Waals surface area contributed by atoms with Gasteiger partial charge in [-0.2, -0.15) is 0 Å². The maximum atomic E-state index is 12.8. The van der Waals surface area contributed by atoms with Gasteiger partial charge in [-0.05, 0) is 62.6 Å². The van der Waals surface area contributed by atoms with E-state index in [0.29, 0.717) is 5.39 Å². The molecule has 6 nitrogen and oxygen atoms in total. The number of carbonyl (C=O) groups excluding carboxylic acids is 2. The molecule has 5 rings (SSSR count). The number of hydrogen-bond acceptors (Lipinski definition) is 6. The lowest BCUT2D eigenvalue weighted by molar-refractivity contribution is 0.0557. The van der Waals surface area contributed by atoms with Crippen LogP contribution < -0.4 is 9.47 Å². The van der Waals surface area contributed by atoms with Crippen molar-refractivity contribution in [2.24, 2.45) is 0 Å². The molecule has 0 spiro atoms. The molecule has 0 aliphatic rings. The van der Waals surface area contributed by atoms with Crippen molar-refractivity contribution in [1.29, 1.82) is 0 Å². The maximum absolute atomic E-state index is 12.8. The Kier molecular flexibility index (Phi) is 5.21. The molecule has 0 saturated heterocycles. The zero-order valence-electron chi connectivity index (χ0n) is 19.2. The third-order valence-electron chi connectivity index (χ3n) is 6.28. The van der Waals surface area contributed by atoms with E-state index >= 15 is 0 Å². The van der Waals surface area contributed by atoms with Crippen LogP contribution in [0.4, 0.5) is 0 Å². The lowest BCUT2D eigenvalue weighted by Crippen LogP contribution is -2.12. The maximum Gasteiger partial charge on any atom is 0.339 e. The van der Waals surface area contributed by atoms with E-state index in [9.17, 15) is 9.59 Å². The third kappa shape index (κ3) is 3.10. The van der Waals surface area contributed by atoms with Crippen LogP contribution in [0.15, 0.2) is 60.7 Å². The summed E-state index contributed by atoms with van der Waals surface area (Å²) < 4.78 is 21.1. The van der Waals surface area contributed by atoms with Gasteiger partial charge in [0.1, 0.15) is 11.5 Å². The lowest BCUT2D eigenvalue weighted by Gasteiger charge is -2.16. The molecule has 0 aliphatic heterocycles. The summed E-state index contributed by atoms with van der Waals surface area (Å²) in [6, 6.07) is 19.2. The second kappa shape index (κ2) is 8.23. The second-order valence-corrected chi connectivity index (χ2v) is 7.88. The molecule has 0 saturated carbocycles. The number of carbonyl (C=O) groups is 2. The van der Waals surface area contributed by atoms with Crippen molar-refractivity contribution in [3.05, 3.63) is 71.8 Å². The summed E-state index contributed by atoms with van der Waals surface area (Å²) in [5.74, 6) is 0.279. The first kappa shape index (κ1) is 21.5. The van der Waals surface area contributed by atoms with Crippen molar-refractivity contribution >= 4 is 55.0 Å². The molecule has 170 valence electrons. The minimum Gasteiger partial charge on any atom is -0.497 e. The number of esters is 2. The molecule has 5 aromatic rings. The molecule has 34 heavy (non-hydrogen) atoms. The summed E-state index contributed by atoms with van der Waals surface area (Å²) in [6.45, 7) is 0. The van der Waals surface area contributed by atoms with Crippen molar-refractivity contribution in [2.45, 2.75) is 0 Å². The molecule has 5 aromatic carbocycles. The van der Waals surface area contributed by atoms with Gasteiger partial charge in [0.25, 0.3) is 0 Å². The van der Waals surface area contributed by atoms with Gasteiger partial charge < -0.3 is 18.9 Å². The Morgan fingerprint density at radius 1 is 0.588 bits per heavy atom. The number of benzene rings is 5. The van der Waals surface area contributed by atoms with Crippen LogP contribution in [0.25, 0.3) is 43.1 Å². The van der Waals surface area contributed by atoms with Gasteiger partial charge in [-0.15, -0.1) is 0 Å². The molecule has 0 atom stereocenters. The third-order valence-corrected chi connectivity index (χ3v) is 6.28. The molecule has 6 heteroatoms. The largest absolute Gasteiger partial charge is 0.497 e. The second-order valence-electron chi connectivity index (χ2n) is 7.88. The number of methoxy groups -OCH3 is 4. The lowest BCUT2D eigenvalue weighted by atomic mass is 9.90. The summed E-state index contributed by atoms with van der Waals surface area (Å²) in [6.07, 6.45) is 0. The zero-order chi connectivity index (χ0) is 24.0.